The van der Waals surface area contributed by atoms with Crippen LogP contribution in [0.1, 0.15) is 52.5 Å². The van der Waals surface area contributed by atoms with Crippen LogP contribution >= 0.6 is 11.3 Å². The number of carbonyl (C=O) groups excluding carboxylic acids is 2. The van der Waals surface area contributed by atoms with E-state index in [1.54, 1.807) is 30.6 Å². The lowest BCUT2D eigenvalue weighted by molar-refractivity contribution is -0.137. The average Bonchev–Trinajstić information content (AvgIpc) is 3.68. The highest BCUT2D eigenvalue weighted by atomic mass is 32.1. The lowest BCUT2D eigenvalue weighted by atomic mass is 10.1. The van der Waals surface area contributed by atoms with E-state index in [-0.39, 0.29) is 31.2 Å². The largest absolute Gasteiger partial charge is 0.416 e. The van der Waals surface area contributed by atoms with Crippen LogP contribution in [0.2, 0.25) is 0 Å². The fourth-order valence-electron chi connectivity index (χ4n) is 4.34. The van der Waals surface area contributed by atoms with E-state index in [1.807, 2.05) is 12.1 Å². The molecule has 5 aromatic rings. The average molecular weight is 651 g/mol. The minimum Gasteiger partial charge on any atom is -0.309 e. The Hall–Kier alpha value is -5.12. The van der Waals surface area contributed by atoms with E-state index in [0.29, 0.717) is 40.7 Å². The topological polar surface area (TPSA) is 153 Å². The number of amides is 2. The van der Waals surface area contributed by atoms with Crippen LogP contribution in [-0.2, 0) is 48.0 Å². The lowest BCUT2D eigenvalue weighted by Gasteiger charge is -2.07. The Morgan fingerprint density at radius 1 is 0.783 bits per heavy atom. The van der Waals surface area contributed by atoms with Gasteiger partial charge in [0.15, 0.2) is 5.82 Å². The SMILES string of the molecule is O=C(CCc1cn(Cc2ccc(C(F)(F)F)cc2)nn1)Nc1ccc(CCCCc2nnc(NC(=O)Cc3ccccn3)s2)nn1. The molecule has 1 aromatic carbocycles. The van der Waals surface area contributed by atoms with E-state index in [9.17, 15) is 22.8 Å². The molecule has 2 amide bonds. The second-order valence-electron chi connectivity index (χ2n) is 10.3. The van der Waals surface area contributed by atoms with Crippen molar-refractivity contribution >= 4 is 34.1 Å². The molecule has 0 bridgehead atoms. The molecule has 4 heterocycles. The Balaban J connectivity index is 0.973. The van der Waals surface area contributed by atoms with Gasteiger partial charge in [0.2, 0.25) is 16.9 Å². The lowest BCUT2D eigenvalue weighted by Crippen LogP contribution is -2.14. The van der Waals surface area contributed by atoms with Crippen molar-refractivity contribution in [2.75, 3.05) is 10.6 Å². The zero-order chi connectivity index (χ0) is 32.4. The smallest absolute Gasteiger partial charge is 0.309 e. The normalized spacial score (nSPS) is 11.4. The summed E-state index contributed by atoms with van der Waals surface area (Å²) in [6.07, 6.45) is 2.69. The molecule has 4 aromatic heterocycles. The van der Waals surface area contributed by atoms with E-state index in [4.69, 9.17) is 0 Å². The van der Waals surface area contributed by atoms with E-state index in [1.165, 1.54) is 28.2 Å². The van der Waals surface area contributed by atoms with Crippen LogP contribution in [0.3, 0.4) is 0 Å². The monoisotopic (exact) mass is 650 g/mol. The summed E-state index contributed by atoms with van der Waals surface area (Å²) in [5.74, 6) is -0.115. The second-order valence-corrected chi connectivity index (χ2v) is 11.4. The molecule has 0 fully saturated rings. The van der Waals surface area contributed by atoms with Gasteiger partial charge in [-0.15, -0.1) is 20.4 Å². The number of hydrogen-bond donors (Lipinski definition) is 2. The first-order valence-corrected chi connectivity index (χ1v) is 15.2. The van der Waals surface area contributed by atoms with Gasteiger partial charge in [-0.2, -0.15) is 18.3 Å². The maximum absolute atomic E-state index is 12.7. The molecule has 2 N–H and O–H groups in total. The summed E-state index contributed by atoms with van der Waals surface area (Å²) < 4.78 is 39.8. The molecule has 0 radical (unpaired) electrons. The number of halogens is 3. The highest BCUT2D eigenvalue weighted by Crippen LogP contribution is 2.29. The summed E-state index contributed by atoms with van der Waals surface area (Å²) in [5, 5.41) is 31.3. The number of carbonyl (C=O) groups is 2. The maximum atomic E-state index is 12.7. The van der Waals surface area contributed by atoms with Crippen molar-refractivity contribution in [2.24, 2.45) is 0 Å². The highest BCUT2D eigenvalue weighted by Gasteiger charge is 2.29. The van der Waals surface area contributed by atoms with Gasteiger partial charge in [0, 0.05) is 37.4 Å². The molecule has 0 aliphatic heterocycles. The quantitative estimate of drug-likeness (QED) is 0.163. The molecule has 16 heteroatoms. The molecule has 0 unspecified atom stereocenters. The van der Waals surface area contributed by atoms with Crippen molar-refractivity contribution in [3.8, 4) is 0 Å². The summed E-state index contributed by atoms with van der Waals surface area (Å²) in [4.78, 5) is 28.7. The highest BCUT2D eigenvalue weighted by molar-refractivity contribution is 7.15. The number of rotatable bonds is 14. The number of unbranched alkanes of at least 4 members (excludes halogenated alkanes) is 1. The van der Waals surface area contributed by atoms with Crippen molar-refractivity contribution in [1.29, 1.82) is 0 Å². The number of pyridine rings is 1. The molecular formula is C30H29F3N10O2S. The third-order valence-electron chi connectivity index (χ3n) is 6.66. The van der Waals surface area contributed by atoms with Gasteiger partial charge in [0.05, 0.1) is 29.9 Å². The van der Waals surface area contributed by atoms with E-state index >= 15 is 0 Å². The van der Waals surface area contributed by atoms with Gasteiger partial charge in [-0.1, -0.05) is 34.7 Å². The Labute approximate surface area is 265 Å². The van der Waals surface area contributed by atoms with Gasteiger partial charge >= 0.3 is 6.18 Å². The molecule has 0 saturated heterocycles. The Morgan fingerprint density at radius 3 is 2.35 bits per heavy atom. The molecule has 0 atom stereocenters. The van der Waals surface area contributed by atoms with Crippen LogP contribution in [0.25, 0.3) is 0 Å². The number of benzene rings is 1. The molecule has 0 aliphatic carbocycles. The van der Waals surface area contributed by atoms with Crippen molar-refractivity contribution in [2.45, 2.75) is 57.7 Å². The molecule has 238 valence electrons. The Morgan fingerprint density at radius 2 is 1.61 bits per heavy atom. The molecule has 0 aliphatic rings. The third kappa shape index (κ3) is 9.95. The Kier molecular flexibility index (Phi) is 10.7. The zero-order valence-electron chi connectivity index (χ0n) is 24.4. The van der Waals surface area contributed by atoms with Gasteiger partial charge in [0.1, 0.15) is 5.01 Å². The number of anilines is 2. The fraction of sp³-hybridized carbons (Fsp3) is 0.300. The standard InChI is InChI=1S/C30H29F3N10O2S/c31-30(32,33)21-10-8-20(9-11-21)18-43-19-24(38-42-43)13-15-26(44)35-25-14-12-22(37-39-25)5-1-2-7-28-40-41-29(46-28)36-27(45)17-23-6-3-4-16-34-23/h3-4,6,8-12,14,16,19H,1-2,5,7,13,15,17-18H2,(H,35,39,44)(H,36,41,45). The molecule has 0 spiro atoms. The summed E-state index contributed by atoms with van der Waals surface area (Å²) >= 11 is 1.35. The molecule has 5 rings (SSSR count). The predicted molar refractivity (Wildman–Crippen MR) is 163 cm³/mol. The van der Waals surface area contributed by atoms with Gasteiger partial charge in [0.25, 0.3) is 0 Å². The first-order valence-electron chi connectivity index (χ1n) is 14.4. The summed E-state index contributed by atoms with van der Waals surface area (Å²) in [6, 6.07) is 13.8. The van der Waals surface area contributed by atoms with Gasteiger partial charge < -0.3 is 10.6 Å². The van der Waals surface area contributed by atoms with Crippen molar-refractivity contribution in [3.63, 3.8) is 0 Å². The number of aryl methyl sites for hydroxylation is 3. The molecule has 0 saturated carbocycles. The van der Waals surface area contributed by atoms with Crippen molar-refractivity contribution in [3.05, 3.63) is 100 Å². The van der Waals surface area contributed by atoms with E-state index in [2.05, 4.69) is 46.3 Å². The summed E-state index contributed by atoms with van der Waals surface area (Å²) in [6.45, 7) is 0.260. The van der Waals surface area contributed by atoms with Gasteiger partial charge in [-0.3, -0.25) is 14.6 Å². The first-order chi connectivity index (χ1) is 22.2. The van der Waals surface area contributed by atoms with E-state index in [0.717, 1.165) is 42.1 Å². The summed E-state index contributed by atoms with van der Waals surface area (Å²) in [5.41, 5.74) is 2.00. The van der Waals surface area contributed by atoms with Crippen LogP contribution in [0.4, 0.5) is 24.1 Å². The van der Waals surface area contributed by atoms with Crippen LogP contribution in [0, 0.1) is 0 Å². The number of nitrogens with zero attached hydrogens (tertiary/aromatic N) is 8. The van der Waals surface area contributed by atoms with Crippen LogP contribution in [0.5, 0.6) is 0 Å². The molecule has 46 heavy (non-hydrogen) atoms. The fourth-order valence-corrected chi connectivity index (χ4v) is 5.14. The zero-order valence-corrected chi connectivity index (χ0v) is 25.3. The number of aromatic nitrogens is 8. The molecular weight excluding hydrogens is 621 g/mol. The van der Waals surface area contributed by atoms with Gasteiger partial charge in [-0.25, -0.2) is 4.68 Å². The minimum atomic E-state index is -4.38. The first kappa shape index (κ1) is 32.3. The van der Waals surface area contributed by atoms with Crippen LogP contribution in [0.15, 0.2) is 67.0 Å². The minimum absolute atomic E-state index is 0.143. The predicted octanol–water partition coefficient (Wildman–Crippen LogP) is 4.70. The van der Waals surface area contributed by atoms with Crippen molar-refractivity contribution < 1.29 is 22.8 Å². The number of alkyl halides is 3. The number of nitrogens with one attached hydrogen (secondary N) is 2. The second kappa shape index (κ2) is 15.2. The van der Waals surface area contributed by atoms with Crippen molar-refractivity contribution in [1.82, 2.24) is 40.4 Å². The van der Waals surface area contributed by atoms with Crippen LogP contribution < -0.4 is 10.6 Å². The summed E-state index contributed by atoms with van der Waals surface area (Å²) in [7, 11) is 0. The Bertz CT molecular complexity index is 1730. The third-order valence-corrected chi connectivity index (χ3v) is 7.56. The number of hydrogen-bond acceptors (Lipinski definition) is 10. The van der Waals surface area contributed by atoms with Gasteiger partial charge in [-0.05, 0) is 61.2 Å². The van der Waals surface area contributed by atoms with Crippen LogP contribution in [-0.4, -0.2) is 52.2 Å². The van der Waals surface area contributed by atoms with E-state index < -0.39 is 11.7 Å². The maximum Gasteiger partial charge on any atom is 0.416 e. The molecule has 12 nitrogen and oxygen atoms in total.